The minimum Gasteiger partial charge on any atom is -0.340 e. The normalized spacial score (nSPS) is 17.4. The molecule has 106 valence electrons. The monoisotopic (exact) mass is 277 g/mol. The van der Waals surface area contributed by atoms with Gasteiger partial charge >= 0.3 is 0 Å². The maximum atomic E-state index is 6.47. The summed E-state index contributed by atoms with van der Waals surface area (Å²) in [4.78, 5) is 7.99. The molecule has 3 heteroatoms. The van der Waals surface area contributed by atoms with Gasteiger partial charge in [-0.3, -0.25) is 0 Å². The van der Waals surface area contributed by atoms with Crippen LogP contribution in [0.1, 0.15) is 31.5 Å². The van der Waals surface area contributed by atoms with Crippen molar-refractivity contribution in [2.75, 3.05) is 0 Å². The average Bonchev–Trinajstić information content (AvgIpc) is 3.17. The van der Waals surface area contributed by atoms with Crippen LogP contribution in [-0.2, 0) is 5.54 Å². The smallest absolute Gasteiger partial charge is 0.126 e. The first kappa shape index (κ1) is 12.6. The van der Waals surface area contributed by atoms with Crippen LogP contribution < -0.4 is 5.73 Å². The van der Waals surface area contributed by atoms with Crippen LogP contribution >= 0.6 is 0 Å². The van der Waals surface area contributed by atoms with E-state index in [4.69, 9.17) is 5.73 Å². The first-order chi connectivity index (χ1) is 10.2. The number of nitrogens with two attached hydrogens (primary N) is 1. The highest BCUT2D eigenvalue weighted by Gasteiger charge is 2.33. The predicted octanol–water partition coefficient (Wildman–Crippen LogP) is 3.96. The molecule has 0 bridgehead atoms. The number of nitrogens with zero attached hydrogens (tertiary/aromatic N) is 1. The summed E-state index contributed by atoms with van der Waals surface area (Å²) in [6, 6.07) is 14.9. The molecule has 0 unspecified atom stereocenters. The highest BCUT2D eigenvalue weighted by Crippen LogP contribution is 2.35. The number of fused-ring (bicyclic) bond motifs is 1. The molecule has 0 spiro atoms. The summed E-state index contributed by atoms with van der Waals surface area (Å²) in [7, 11) is 0. The van der Waals surface area contributed by atoms with E-state index in [0.29, 0.717) is 0 Å². The molecule has 1 aliphatic carbocycles. The Balaban J connectivity index is 1.73. The molecule has 1 aliphatic rings. The second-order valence-electron chi connectivity index (χ2n) is 6.07. The lowest BCUT2D eigenvalue weighted by Crippen LogP contribution is -2.34. The van der Waals surface area contributed by atoms with Gasteiger partial charge in [-0.2, -0.15) is 0 Å². The Hall–Kier alpha value is -2.13. The van der Waals surface area contributed by atoms with Crippen molar-refractivity contribution in [2.24, 2.45) is 5.73 Å². The third kappa shape index (κ3) is 2.14. The van der Waals surface area contributed by atoms with E-state index in [9.17, 15) is 0 Å². The second-order valence-corrected chi connectivity index (χ2v) is 6.07. The quantitative estimate of drug-likeness (QED) is 0.745. The van der Waals surface area contributed by atoms with Gasteiger partial charge in [0.1, 0.15) is 5.82 Å². The van der Waals surface area contributed by atoms with Crippen molar-refractivity contribution < 1.29 is 0 Å². The second kappa shape index (κ2) is 4.71. The van der Waals surface area contributed by atoms with Crippen molar-refractivity contribution >= 4 is 10.8 Å². The van der Waals surface area contributed by atoms with Gasteiger partial charge in [0.05, 0.1) is 17.4 Å². The van der Waals surface area contributed by atoms with Crippen LogP contribution in [0.15, 0.2) is 48.7 Å². The summed E-state index contributed by atoms with van der Waals surface area (Å²) in [5.41, 5.74) is 8.42. The fraction of sp³-hybridized carbons (Fsp3) is 0.278. The minimum atomic E-state index is -0.255. The molecule has 0 saturated heterocycles. The fourth-order valence-electron chi connectivity index (χ4n) is 3.32. The van der Waals surface area contributed by atoms with E-state index < -0.39 is 0 Å². The summed E-state index contributed by atoms with van der Waals surface area (Å²) in [5, 5.41) is 2.50. The van der Waals surface area contributed by atoms with Gasteiger partial charge in [0.25, 0.3) is 0 Å². The molecule has 2 aromatic carbocycles. The molecule has 3 aromatic rings. The topological polar surface area (TPSA) is 54.7 Å². The lowest BCUT2D eigenvalue weighted by molar-refractivity contribution is 0.436. The molecule has 21 heavy (non-hydrogen) atoms. The lowest BCUT2D eigenvalue weighted by atomic mass is 9.98. The largest absolute Gasteiger partial charge is 0.340 e. The number of nitrogens with one attached hydrogen (secondary N) is 1. The van der Waals surface area contributed by atoms with Gasteiger partial charge < -0.3 is 10.7 Å². The van der Waals surface area contributed by atoms with E-state index in [2.05, 4.69) is 52.4 Å². The third-order valence-electron chi connectivity index (χ3n) is 4.60. The highest BCUT2D eigenvalue weighted by atomic mass is 15.0. The molecule has 3 N–H and O–H groups in total. The van der Waals surface area contributed by atoms with E-state index in [1.807, 2.05) is 6.20 Å². The Morgan fingerprint density at radius 2 is 1.76 bits per heavy atom. The Bertz CT molecular complexity index is 782. The molecule has 4 rings (SSSR count). The van der Waals surface area contributed by atoms with Crippen LogP contribution in [0.5, 0.6) is 0 Å². The molecule has 0 radical (unpaired) electrons. The molecule has 3 nitrogen and oxygen atoms in total. The Morgan fingerprint density at radius 1 is 1.00 bits per heavy atom. The summed E-state index contributed by atoms with van der Waals surface area (Å²) in [5.74, 6) is 0.933. The number of aromatic amines is 1. The Morgan fingerprint density at radius 3 is 2.57 bits per heavy atom. The van der Waals surface area contributed by atoms with E-state index >= 15 is 0 Å². The predicted molar refractivity (Wildman–Crippen MR) is 85.9 cm³/mol. The van der Waals surface area contributed by atoms with Crippen molar-refractivity contribution in [1.29, 1.82) is 0 Å². The van der Waals surface area contributed by atoms with Gasteiger partial charge in [-0.25, -0.2) is 4.98 Å². The van der Waals surface area contributed by atoms with Gasteiger partial charge in [-0.1, -0.05) is 49.2 Å². The maximum absolute atomic E-state index is 6.47. The summed E-state index contributed by atoms with van der Waals surface area (Å²) in [6.45, 7) is 0. The molecular weight excluding hydrogens is 258 g/mol. The van der Waals surface area contributed by atoms with Crippen molar-refractivity contribution in [3.8, 4) is 11.3 Å². The zero-order chi connectivity index (χ0) is 14.3. The van der Waals surface area contributed by atoms with E-state index in [1.165, 1.54) is 23.6 Å². The lowest BCUT2D eigenvalue weighted by Gasteiger charge is -2.20. The molecule has 1 heterocycles. The van der Waals surface area contributed by atoms with Gasteiger partial charge in [0.2, 0.25) is 0 Å². The van der Waals surface area contributed by atoms with Crippen LogP contribution in [0.4, 0.5) is 0 Å². The van der Waals surface area contributed by atoms with Crippen molar-refractivity contribution in [3.63, 3.8) is 0 Å². The van der Waals surface area contributed by atoms with Gasteiger partial charge in [0, 0.05) is 5.56 Å². The number of H-pyrrole nitrogens is 1. The summed E-state index contributed by atoms with van der Waals surface area (Å²) < 4.78 is 0. The van der Waals surface area contributed by atoms with Gasteiger partial charge in [-0.05, 0) is 29.7 Å². The number of rotatable bonds is 2. The summed E-state index contributed by atoms with van der Waals surface area (Å²) >= 11 is 0. The SMILES string of the molecule is NC1(c2ncc(-c3ccc4ccccc4c3)[nH]2)CCCC1. The van der Waals surface area contributed by atoms with Crippen LogP contribution in [0.3, 0.4) is 0 Å². The number of hydrogen-bond donors (Lipinski definition) is 2. The van der Waals surface area contributed by atoms with E-state index in [1.54, 1.807) is 0 Å². The van der Waals surface area contributed by atoms with Crippen molar-refractivity contribution in [2.45, 2.75) is 31.2 Å². The first-order valence-electron chi connectivity index (χ1n) is 7.58. The molecule has 1 aromatic heterocycles. The number of benzene rings is 2. The van der Waals surface area contributed by atoms with E-state index in [0.717, 1.165) is 29.9 Å². The highest BCUT2D eigenvalue weighted by molar-refractivity contribution is 5.86. The third-order valence-corrected chi connectivity index (χ3v) is 4.60. The van der Waals surface area contributed by atoms with Crippen LogP contribution in [0.25, 0.3) is 22.0 Å². The van der Waals surface area contributed by atoms with Crippen molar-refractivity contribution in [1.82, 2.24) is 9.97 Å². The number of imidazole rings is 1. The molecule has 1 fully saturated rings. The van der Waals surface area contributed by atoms with Crippen LogP contribution in [-0.4, -0.2) is 9.97 Å². The molecular formula is C18H19N3. The van der Waals surface area contributed by atoms with Crippen molar-refractivity contribution in [3.05, 3.63) is 54.5 Å². The molecule has 0 atom stereocenters. The molecule has 0 amide bonds. The zero-order valence-corrected chi connectivity index (χ0v) is 12.0. The first-order valence-corrected chi connectivity index (χ1v) is 7.58. The summed E-state index contributed by atoms with van der Waals surface area (Å²) in [6.07, 6.45) is 6.35. The standard InChI is InChI=1S/C18H19N3/c19-18(9-3-4-10-18)17-20-12-16(21-17)15-8-7-13-5-1-2-6-14(13)11-15/h1-2,5-8,11-12H,3-4,9-10,19H2,(H,20,21). The van der Waals surface area contributed by atoms with Crippen LogP contribution in [0.2, 0.25) is 0 Å². The fourth-order valence-corrected chi connectivity index (χ4v) is 3.32. The van der Waals surface area contributed by atoms with E-state index in [-0.39, 0.29) is 5.54 Å². The van der Waals surface area contributed by atoms with Gasteiger partial charge in [0.15, 0.2) is 0 Å². The number of aromatic nitrogens is 2. The number of hydrogen-bond acceptors (Lipinski definition) is 2. The minimum absolute atomic E-state index is 0.255. The maximum Gasteiger partial charge on any atom is 0.126 e. The Labute approximate surface area is 124 Å². The average molecular weight is 277 g/mol. The van der Waals surface area contributed by atoms with Crippen LogP contribution in [0, 0.1) is 0 Å². The van der Waals surface area contributed by atoms with Gasteiger partial charge in [-0.15, -0.1) is 0 Å². The molecule has 1 saturated carbocycles. The Kier molecular flexibility index (Phi) is 2.82. The zero-order valence-electron chi connectivity index (χ0n) is 12.0. The molecule has 0 aliphatic heterocycles.